The molecule has 0 bridgehead atoms. The van der Waals surface area contributed by atoms with Gasteiger partial charge in [0.05, 0.1) is 6.61 Å². The molecule has 0 spiro atoms. The Bertz CT molecular complexity index is 757. The van der Waals surface area contributed by atoms with Crippen molar-refractivity contribution in [2.75, 3.05) is 20.2 Å². The number of carbonyl (C=O) groups is 1. The summed E-state index contributed by atoms with van der Waals surface area (Å²) in [7, 11) is 1.74. The molecule has 6 nitrogen and oxygen atoms in total. The molecule has 0 unspecified atom stereocenters. The first-order chi connectivity index (χ1) is 13.2. The van der Waals surface area contributed by atoms with E-state index in [1.54, 1.807) is 7.05 Å². The summed E-state index contributed by atoms with van der Waals surface area (Å²) < 4.78 is 5.65. The van der Waals surface area contributed by atoms with E-state index in [4.69, 9.17) is 4.74 Å². The molecule has 27 heavy (non-hydrogen) atoms. The molecule has 1 amide bonds. The van der Waals surface area contributed by atoms with Gasteiger partial charge in [-0.15, -0.1) is 0 Å². The fourth-order valence-electron chi connectivity index (χ4n) is 2.57. The number of hydrogen-bond acceptors (Lipinski definition) is 3. The van der Waals surface area contributed by atoms with Crippen molar-refractivity contribution in [3.05, 3.63) is 65.2 Å². The first kappa shape index (κ1) is 20.3. The van der Waals surface area contributed by atoms with Gasteiger partial charge in [0.15, 0.2) is 5.96 Å². The molecule has 0 aliphatic carbocycles. The number of ether oxygens (including phenoxy) is 1. The first-order valence-corrected chi connectivity index (χ1v) is 9.20. The van der Waals surface area contributed by atoms with Crippen LogP contribution in [-0.4, -0.2) is 32.1 Å². The minimum Gasteiger partial charge on any atom is -0.494 e. The monoisotopic (exact) mass is 368 g/mol. The van der Waals surface area contributed by atoms with Crippen LogP contribution < -0.4 is 20.7 Å². The standard InChI is InChI=1S/C21H28N4O2/c1-4-23-20(26)17-12-10-16(11-13-17)14-24-21(22-3)25-15-18-8-6-7-9-19(18)27-5-2/h6-13H,4-5,14-15H2,1-3H3,(H,23,26)(H2,22,24,25). The van der Waals surface area contributed by atoms with Crippen LogP contribution in [0.1, 0.15) is 35.3 Å². The zero-order valence-electron chi connectivity index (χ0n) is 16.2. The molecule has 2 rings (SSSR count). The summed E-state index contributed by atoms with van der Waals surface area (Å²) in [6.07, 6.45) is 0. The van der Waals surface area contributed by atoms with Gasteiger partial charge in [0, 0.05) is 37.8 Å². The van der Waals surface area contributed by atoms with Gasteiger partial charge in [-0.3, -0.25) is 9.79 Å². The van der Waals surface area contributed by atoms with Gasteiger partial charge in [-0.2, -0.15) is 0 Å². The molecule has 0 saturated heterocycles. The fourth-order valence-corrected chi connectivity index (χ4v) is 2.57. The number of benzene rings is 2. The molecule has 3 N–H and O–H groups in total. The van der Waals surface area contributed by atoms with Crippen LogP contribution >= 0.6 is 0 Å². The smallest absolute Gasteiger partial charge is 0.251 e. The van der Waals surface area contributed by atoms with Gasteiger partial charge in [-0.1, -0.05) is 30.3 Å². The lowest BCUT2D eigenvalue weighted by Gasteiger charge is -2.14. The summed E-state index contributed by atoms with van der Waals surface area (Å²) in [4.78, 5) is 16.0. The Balaban J connectivity index is 1.88. The van der Waals surface area contributed by atoms with Crippen molar-refractivity contribution in [1.82, 2.24) is 16.0 Å². The van der Waals surface area contributed by atoms with Gasteiger partial charge in [0.25, 0.3) is 5.91 Å². The predicted molar refractivity (Wildman–Crippen MR) is 109 cm³/mol. The SMILES string of the molecule is CCNC(=O)c1ccc(CNC(=NC)NCc2ccccc2OCC)cc1. The van der Waals surface area contributed by atoms with Crippen LogP contribution in [0.2, 0.25) is 0 Å². The van der Waals surface area contributed by atoms with E-state index >= 15 is 0 Å². The Morgan fingerprint density at radius 3 is 2.33 bits per heavy atom. The molecular weight excluding hydrogens is 340 g/mol. The highest BCUT2D eigenvalue weighted by atomic mass is 16.5. The zero-order chi connectivity index (χ0) is 19.5. The number of aliphatic imine (C=N–C) groups is 1. The highest BCUT2D eigenvalue weighted by Crippen LogP contribution is 2.17. The normalized spacial score (nSPS) is 11.0. The number of hydrogen-bond donors (Lipinski definition) is 3. The number of nitrogens with one attached hydrogen (secondary N) is 3. The molecule has 0 aliphatic heterocycles. The largest absolute Gasteiger partial charge is 0.494 e. The molecule has 0 aliphatic rings. The van der Waals surface area contributed by atoms with Crippen molar-refractivity contribution in [3.63, 3.8) is 0 Å². The molecule has 2 aromatic carbocycles. The summed E-state index contributed by atoms with van der Waals surface area (Å²) in [5.41, 5.74) is 2.81. The van der Waals surface area contributed by atoms with Crippen molar-refractivity contribution < 1.29 is 9.53 Å². The van der Waals surface area contributed by atoms with E-state index in [9.17, 15) is 4.79 Å². The Morgan fingerprint density at radius 1 is 0.963 bits per heavy atom. The van der Waals surface area contributed by atoms with Crippen LogP contribution in [-0.2, 0) is 13.1 Å². The zero-order valence-corrected chi connectivity index (χ0v) is 16.2. The molecule has 0 saturated carbocycles. The minimum atomic E-state index is -0.0533. The maximum absolute atomic E-state index is 11.8. The third-order valence-corrected chi connectivity index (χ3v) is 3.96. The Morgan fingerprint density at radius 2 is 1.67 bits per heavy atom. The van der Waals surface area contributed by atoms with E-state index in [1.807, 2.05) is 62.4 Å². The topological polar surface area (TPSA) is 74.8 Å². The van der Waals surface area contributed by atoms with Crippen molar-refractivity contribution in [2.45, 2.75) is 26.9 Å². The molecule has 0 heterocycles. The number of amides is 1. The second kappa shape index (κ2) is 10.9. The molecule has 0 aromatic heterocycles. The number of para-hydroxylation sites is 1. The maximum Gasteiger partial charge on any atom is 0.251 e. The third-order valence-electron chi connectivity index (χ3n) is 3.96. The van der Waals surface area contributed by atoms with E-state index in [0.717, 1.165) is 16.9 Å². The molecule has 0 atom stereocenters. The summed E-state index contributed by atoms with van der Waals surface area (Å²) >= 11 is 0. The Hall–Kier alpha value is -3.02. The van der Waals surface area contributed by atoms with Gasteiger partial charge < -0.3 is 20.7 Å². The highest BCUT2D eigenvalue weighted by Gasteiger charge is 2.06. The lowest BCUT2D eigenvalue weighted by Crippen LogP contribution is -2.36. The molecule has 6 heteroatoms. The van der Waals surface area contributed by atoms with E-state index in [1.165, 1.54) is 0 Å². The second-order valence-electron chi connectivity index (χ2n) is 5.88. The average molecular weight is 368 g/mol. The Kier molecular flexibility index (Phi) is 8.16. The number of rotatable bonds is 8. The lowest BCUT2D eigenvalue weighted by atomic mass is 10.1. The van der Waals surface area contributed by atoms with E-state index < -0.39 is 0 Å². The van der Waals surface area contributed by atoms with Crippen LogP contribution in [0, 0.1) is 0 Å². The van der Waals surface area contributed by atoms with Gasteiger partial charge in [-0.05, 0) is 37.6 Å². The number of guanidine groups is 1. The third kappa shape index (κ3) is 6.33. The lowest BCUT2D eigenvalue weighted by molar-refractivity contribution is 0.0956. The van der Waals surface area contributed by atoms with Gasteiger partial charge in [0.2, 0.25) is 0 Å². The maximum atomic E-state index is 11.8. The van der Waals surface area contributed by atoms with Gasteiger partial charge in [0.1, 0.15) is 5.75 Å². The summed E-state index contributed by atoms with van der Waals surface area (Å²) in [5, 5.41) is 9.37. The molecule has 0 fully saturated rings. The van der Waals surface area contributed by atoms with Gasteiger partial charge >= 0.3 is 0 Å². The van der Waals surface area contributed by atoms with Crippen molar-refractivity contribution in [1.29, 1.82) is 0 Å². The summed E-state index contributed by atoms with van der Waals surface area (Å²) in [6, 6.07) is 15.5. The van der Waals surface area contributed by atoms with E-state index in [2.05, 4.69) is 20.9 Å². The Labute approximate surface area is 161 Å². The highest BCUT2D eigenvalue weighted by molar-refractivity contribution is 5.94. The molecule has 0 radical (unpaired) electrons. The van der Waals surface area contributed by atoms with E-state index in [-0.39, 0.29) is 5.91 Å². The average Bonchev–Trinajstić information content (AvgIpc) is 2.70. The van der Waals surface area contributed by atoms with E-state index in [0.29, 0.717) is 37.8 Å². The van der Waals surface area contributed by atoms with Crippen LogP contribution in [0.25, 0.3) is 0 Å². The van der Waals surface area contributed by atoms with Crippen LogP contribution in [0.5, 0.6) is 5.75 Å². The summed E-state index contributed by atoms with van der Waals surface area (Å²) in [5.74, 6) is 1.53. The molecule has 144 valence electrons. The minimum absolute atomic E-state index is 0.0533. The predicted octanol–water partition coefficient (Wildman–Crippen LogP) is 2.70. The van der Waals surface area contributed by atoms with Crippen LogP contribution in [0.3, 0.4) is 0 Å². The molecular formula is C21H28N4O2. The fraction of sp³-hybridized carbons (Fsp3) is 0.333. The molecule has 2 aromatic rings. The second-order valence-corrected chi connectivity index (χ2v) is 5.88. The number of carbonyl (C=O) groups excluding carboxylic acids is 1. The first-order valence-electron chi connectivity index (χ1n) is 9.20. The number of nitrogens with zero attached hydrogens (tertiary/aromatic N) is 1. The van der Waals surface area contributed by atoms with Crippen LogP contribution in [0.4, 0.5) is 0 Å². The van der Waals surface area contributed by atoms with Crippen molar-refractivity contribution in [3.8, 4) is 5.75 Å². The van der Waals surface area contributed by atoms with Crippen molar-refractivity contribution in [2.24, 2.45) is 4.99 Å². The summed E-state index contributed by atoms with van der Waals surface area (Å²) in [6.45, 7) is 6.37. The van der Waals surface area contributed by atoms with Crippen LogP contribution in [0.15, 0.2) is 53.5 Å². The quantitative estimate of drug-likeness (QED) is 0.495. The van der Waals surface area contributed by atoms with Gasteiger partial charge in [-0.25, -0.2) is 0 Å². The van der Waals surface area contributed by atoms with Crippen molar-refractivity contribution >= 4 is 11.9 Å².